The van der Waals surface area contributed by atoms with E-state index in [0.29, 0.717) is 16.3 Å². The van der Waals surface area contributed by atoms with Gasteiger partial charge in [0.15, 0.2) is 0 Å². The van der Waals surface area contributed by atoms with Crippen LogP contribution in [0, 0.1) is 11.3 Å². The molecular formula is C14H13ClN2S2. The number of nitrogens with two attached hydrogens (primary N) is 1. The van der Waals surface area contributed by atoms with Crippen molar-refractivity contribution >= 4 is 39.8 Å². The lowest BCUT2D eigenvalue weighted by Crippen LogP contribution is -2.33. The summed E-state index contributed by atoms with van der Waals surface area (Å²) in [4.78, 5) is 0. The quantitative estimate of drug-likeness (QED) is 0.796. The molecule has 0 bridgehead atoms. The average Bonchev–Trinajstić information content (AvgIpc) is 2.30. The van der Waals surface area contributed by atoms with E-state index in [-0.39, 0.29) is 10.7 Å². The molecule has 1 aliphatic heterocycles. The summed E-state index contributed by atoms with van der Waals surface area (Å²) in [6.07, 6.45) is 0. The van der Waals surface area contributed by atoms with Crippen LogP contribution in [0.2, 0.25) is 5.02 Å². The molecule has 5 heteroatoms. The van der Waals surface area contributed by atoms with Gasteiger partial charge in [-0.2, -0.15) is 5.26 Å². The van der Waals surface area contributed by atoms with Gasteiger partial charge in [0, 0.05) is 10.7 Å². The molecule has 1 heterocycles. The SMILES string of the molecule is CC1(C)SC(=S)C(c2ccc(Cl)cc2)C(N)=C1C#N. The third kappa shape index (κ3) is 2.64. The van der Waals surface area contributed by atoms with E-state index in [9.17, 15) is 5.26 Å². The second kappa shape index (κ2) is 5.16. The normalized spacial score (nSPS) is 22.2. The van der Waals surface area contributed by atoms with Gasteiger partial charge in [0.1, 0.15) is 0 Å². The highest BCUT2D eigenvalue weighted by Crippen LogP contribution is 2.46. The third-order valence-electron chi connectivity index (χ3n) is 3.11. The Morgan fingerprint density at radius 2 is 1.95 bits per heavy atom. The van der Waals surface area contributed by atoms with Crippen LogP contribution >= 0.6 is 35.6 Å². The summed E-state index contributed by atoms with van der Waals surface area (Å²) in [5.41, 5.74) is 8.32. The molecule has 1 unspecified atom stereocenters. The highest BCUT2D eigenvalue weighted by molar-refractivity contribution is 8.24. The fourth-order valence-corrected chi connectivity index (χ4v) is 4.31. The maximum atomic E-state index is 9.33. The van der Waals surface area contributed by atoms with Crippen LogP contribution < -0.4 is 5.73 Å². The Morgan fingerprint density at radius 3 is 2.47 bits per heavy atom. The van der Waals surface area contributed by atoms with Gasteiger partial charge in [0.05, 0.1) is 26.5 Å². The van der Waals surface area contributed by atoms with Crippen LogP contribution in [0.15, 0.2) is 35.5 Å². The number of benzene rings is 1. The largest absolute Gasteiger partial charge is 0.400 e. The van der Waals surface area contributed by atoms with Crippen LogP contribution in [0.4, 0.5) is 0 Å². The molecule has 1 aromatic rings. The van der Waals surface area contributed by atoms with Crippen LogP contribution in [-0.2, 0) is 0 Å². The van der Waals surface area contributed by atoms with Gasteiger partial charge in [0.25, 0.3) is 0 Å². The smallest absolute Gasteiger partial charge is 0.0980 e. The molecule has 1 atom stereocenters. The zero-order valence-electron chi connectivity index (χ0n) is 10.6. The lowest BCUT2D eigenvalue weighted by atomic mass is 9.90. The van der Waals surface area contributed by atoms with Crippen LogP contribution in [0.1, 0.15) is 25.3 Å². The number of rotatable bonds is 1. The van der Waals surface area contributed by atoms with E-state index in [0.717, 1.165) is 9.76 Å². The minimum atomic E-state index is -0.362. The number of nitriles is 1. The second-order valence-electron chi connectivity index (χ2n) is 4.86. The van der Waals surface area contributed by atoms with Crippen LogP contribution in [-0.4, -0.2) is 8.94 Å². The molecule has 0 radical (unpaired) electrons. The van der Waals surface area contributed by atoms with E-state index >= 15 is 0 Å². The zero-order valence-corrected chi connectivity index (χ0v) is 13.0. The van der Waals surface area contributed by atoms with Crippen molar-refractivity contribution in [1.29, 1.82) is 5.26 Å². The van der Waals surface area contributed by atoms with E-state index in [1.165, 1.54) is 11.8 Å². The predicted octanol–water partition coefficient (Wildman–Crippen LogP) is 4.01. The van der Waals surface area contributed by atoms with Crippen molar-refractivity contribution in [1.82, 2.24) is 0 Å². The molecule has 19 heavy (non-hydrogen) atoms. The first-order chi connectivity index (χ1) is 8.86. The van der Waals surface area contributed by atoms with Crippen molar-refractivity contribution in [3.05, 3.63) is 46.1 Å². The maximum Gasteiger partial charge on any atom is 0.0980 e. The van der Waals surface area contributed by atoms with E-state index < -0.39 is 0 Å². The van der Waals surface area contributed by atoms with Gasteiger partial charge in [-0.25, -0.2) is 0 Å². The Morgan fingerprint density at radius 1 is 1.37 bits per heavy atom. The zero-order chi connectivity index (χ0) is 14.2. The third-order valence-corrected chi connectivity index (χ3v) is 5.00. The Bertz CT molecular complexity index is 597. The molecule has 0 saturated carbocycles. The van der Waals surface area contributed by atoms with Crippen LogP contribution in [0.5, 0.6) is 0 Å². The molecule has 0 saturated heterocycles. The first-order valence-electron chi connectivity index (χ1n) is 5.75. The molecule has 0 spiro atoms. The Labute approximate surface area is 127 Å². The lowest BCUT2D eigenvalue weighted by molar-refractivity contribution is 0.819. The summed E-state index contributed by atoms with van der Waals surface area (Å²) >= 11 is 12.9. The van der Waals surface area contributed by atoms with Gasteiger partial charge in [0.2, 0.25) is 0 Å². The van der Waals surface area contributed by atoms with Gasteiger partial charge in [-0.1, -0.05) is 36.0 Å². The Hall–Kier alpha value is -1.02. The highest BCUT2D eigenvalue weighted by atomic mass is 35.5. The number of nitrogens with zero attached hydrogens (tertiary/aromatic N) is 1. The lowest BCUT2D eigenvalue weighted by Gasteiger charge is -2.34. The molecule has 1 aliphatic rings. The van der Waals surface area contributed by atoms with Crippen LogP contribution in [0.3, 0.4) is 0 Å². The van der Waals surface area contributed by atoms with Gasteiger partial charge in [-0.3, -0.25) is 0 Å². The number of hydrogen-bond donors (Lipinski definition) is 1. The molecule has 98 valence electrons. The summed E-state index contributed by atoms with van der Waals surface area (Å²) in [7, 11) is 0. The number of thioether (sulfide) groups is 1. The van der Waals surface area contributed by atoms with Gasteiger partial charge < -0.3 is 5.73 Å². The molecular weight excluding hydrogens is 296 g/mol. The summed E-state index contributed by atoms with van der Waals surface area (Å²) in [5.74, 6) is -0.194. The molecule has 2 rings (SSSR count). The number of allylic oxidation sites excluding steroid dienone is 1. The summed E-state index contributed by atoms with van der Waals surface area (Å²) in [6, 6.07) is 9.65. The van der Waals surface area contributed by atoms with Gasteiger partial charge in [-0.15, -0.1) is 11.8 Å². The van der Waals surface area contributed by atoms with Crippen molar-refractivity contribution in [2.75, 3.05) is 0 Å². The topological polar surface area (TPSA) is 49.8 Å². The fraction of sp³-hybridized carbons (Fsp3) is 0.286. The number of hydrogen-bond acceptors (Lipinski definition) is 4. The molecule has 0 fully saturated rings. The molecule has 1 aromatic carbocycles. The summed E-state index contributed by atoms with van der Waals surface area (Å²) < 4.78 is 0.433. The molecule has 0 amide bonds. The van der Waals surface area contributed by atoms with Crippen molar-refractivity contribution in [2.24, 2.45) is 5.73 Å². The van der Waals surface area contributed by atoms with E-state index in [4.69, 9.17) is 29.6 Å². The highest BCUT2D eigenvalue weighted by Gasteiger charge is 2.38. The maximum absolute atomic E-state index is 9.33. The molecule has 2 nitrogen and oxygen atoms in total. The van der Waals surface area contributed by atoms with E-state index in [1.54, 1.807) is 0 Å². The van der Waals surface area contributed by atoms with Crippen molar-refractivity contribution < 1.29 is 0 Å². The van der Waals surface area contributed by atoms with Crippen LogP contribution in [0.25, 0.3) is 0 Å². The molecule has 2 N–H and O–H groups in total. The first kappa shape index (κ1) is 14.4. The average molecular weight is 309 g/mol. The standard InChI is InChI=1S/C14H13ClN2S2/c1-14(2)10(7-16)12(17)11(13(18)19-14)8-3-5-9(15)6-4-8/h3-6,11H,17H2,1-2H3. The predicted molar refractivity (Wildman–Crippen MR) is 85.3 cm³/mol. The van der Waals surface area contributed by atoms with Gasteiger partial charge in [-0.05, 0) is 31.5 Å². The fourth-order valence-electron chi connectivity index (χ4n) is 2.15. The monoisotopic (exact) mass is 308 g/mol. The van der Waals surface area contributed by atoms with E-state index in [1.807, 2.05) is 38.1 Å². The van der Waals surface area contributed by atoms with Crippen molar-refractivity contribution in [3.63, 3.8) is 0 Å². The van der Waals surface area contributed by atoms with Gasteiger partial charge >= 0.3 is 0 Å². The Kier molecular flexibility index (Phi) is 3.91. The minimum Gasteiger partial charge on any atom is -0.400 e. The number of halogens is 1. The number of thiocarbonyl (C=S) groups is 1. The first-order valence-corrected chi connectivity index (χ1v) is 7.35. The minimum absolute atomic E-state index is 0.194. The molecule has 0 aliphatic carbocycles. The van der Waals surface area contributed by atoms with E-state index in [2.05, 4.69) is 6.07 Å². The second-order valence-corrected chi connectivity index (χ2v) is 7.66. The van der Waals surface area contributed by atoms with Crippen molar-refractivity contribution in [2.45, 2.75) is 24.5 Å². The Balaban J connectivity index is 2.55. The summed E-state index contributed by atoms with van der Waals surface area (Å²) in [5, 5.41) is 9.99. The van der Waals surface area contributed by atoms with Crippen molar-refractivity contribution in [3.8, 4) is 6.07 Å². The molecule has 0 aromatic heterocycles. The summed E-state index contributed by atoms with van der Waals surface area (Å²) in [6.45, 7) is 3.93.